The maximum absolute atomic E-state index is 5.99. The molecule has 2 aliphatic rings. The van der Waals surface area contributed by atoms with Gasteiger partial charge in [-0.25, -0.2) is 0 Å². The van der Waals surface area contributed by atoms with Gasteiger partial charge in [-0.05, 0) is 45.1 Å². The van der Waals surface area contributed by atoms with Crippen LogP contribution in [0.25, 0.3) is 0 Å². The highest BCUT2D eigenvalue weighted by molar-refractivity contribution is 6.58. The van der Waals surface area contributed by atoms with Crippen LogP contribution in [0, 0.1) is 5.41 Å². The van der Waals surface area contributed by atoms with Gasteiger partial charge in [-0.3, -0.25) is 0 Å². The fourth-order valence-corrected chi connectivity index (χ4v) is 2.87. The van der Waals surface area contributed by atoms with Crippen molar-refractivity contribution < 1.29 is 4.65 Å². The lowest BCUT2D eigenvalue weighted by Gasteiger charge is -2.37. The van der Waals surface area contributed by atoms with Crippen LogP contribution in [0.2, 0.25) is 0 Å². The SMILES string of the molecule is CC1(C)CNB(C2=CC(C)(C)NC2(C)C)OC1. The molecule has 3 nitrogen and oxygen atoms in total. The monoisotopic (exact) mass is 236 g/mol. The quantitative estimate of drug-likeness (QED) is 0.680. The Labute approximate surface area is 106 Å². The lowest BCUT2D eigenvalue weighted by Crippen LogP contribution is -2.56. The van der Waals surface area contributed by atoms with Gasteiger partial charge in [0.1, 0.15) is 0 Å². The highest BCUT2D eigenvalue weighted by atomic mass is 16.4. The van der Waals surface area contributed by atoms with Crippen LogP contribution in [-0.4, -0.2) is 31.3 Å². The summed E-state index contributed by atoms with van der Waals surface area (Å²) in [6, 6.07) is 0. The molecule has 2 aliphatic heterocycles. The van der Waals surface area contributed by atoms with E-state index in [1.807, 2.05) is 0 Å². The summed E-state index contributed by atoms with van der Waals surface area (Å²) in [5, 5.41) is 7.14. The van der Waals surface area contributed by atoms with Gasteiger partial charge in [0.25, 0.3) is 0 Å². The molecule has 96 valence electrons. The first kappa shape index (κ1) is 13.1. The van der Waals surface area contributed by atoms with E-state index in [1.165, 1.54) is 5.47 Å². The van der Waals surface area contributed by atoms with Gasteiger partial charge in [0.05, 0.1) is 0 Å². The van der Waals surface area contributed by atoms with Crippen molar-refractivity contribution in [2.45, 2.75) is 52.6 Å². The standard InChI is InChI=1S/C13H25BN2O/c1-11(2)8-15-14(17-9-11)10-7-12(3,4)16-13(10,5)6/h7,15-16H,8-9H2,1-6H3. The zero-order valence-corrected chi connectivity index (χ0v) is 12.0. The normalized spacial score (nSPS) is 30.2. The molecular weight excluding hydrogens is 211 g/mol. The summed E-state index contributed by atoms with van der Waals surface area (Å²) in [4.78, 5) is 0. The summed E-state index contributed by atoms with van der Waals surface area (Å²) < 4.78 is 5.99. The maximum atomic E-state index is 5.99. The van der Waals surface area contributed by atoms with Crippen LogP contribution < -0.4 is 10.5 Å². The van der Waals surface area contributed by atoms with Gasteiger partial charge < -0.3 is 15.2 Å². The van der Waals surface area contributed by atoms with E-state index >= 15 is 0 Å². The van der Waals surface area contributed by atoms with Crippen molar-refractivity contribution in [2.24, 2.45) is 5.41 Å². The number of hydrogen-bond donors (Lipinski definition) is 2. The molecule has 0 saturated carbocycles. The van der Waals surface area contributed by atoms with E-state index in [0.29, 0.717) is 0 Å². The van der Waals surface area contributed by atoms with E-state index in [1.54, 1.807) is 0 Å². The fraction of sp³-hybridized carbons (Fsp3) is 0.846. The lowest BCUT2D eigenvalue weighted by atomic mass is 9.63. The van der Waals surface area contributed by atoms with Crippen LogP contribution in [0.5, 0.6) is 0 Å². The molecular formula is C13H25BN2O. The van der Waals surface area contributed by atoms with E-state index in [4.69, 9.17) is 4.65 Å². The van der Waals surface area contributed by atoms with Crippen molar-refractivity contribution in [1.29, 1.82) is 0 Å². The van der Waals surface area contributed by atoms with E-state index < -0.39 is 0 Å². The Bertz CT molecular complexity index is 337. The minimum absolute atomic E-state index is 0.00263. The third-order valence-corrected chi connectivity index (χ3v) is 3.56. The predicted octanol–water partition coefficient (Wildman–Crippen LogP) is 1.75. The first-order chi connectivity index (χ1) is 7.61. The zero-order chi connectivity index (χ0) is 12.9. The van der Waals surface area contributed by atoms with Crippen molar-refractivity contribution in [1.82, 2.24) is 10.5 Å². The Morgan fingerprint density at radius 2 is 1.82 bits per heavy atom. The van der Waals surface area contributed by atoms with Gasteiger partial charge in [-0.2, -0.15) is 0 Å². The Hall–Kier alpha value is -0.315. The molecule has 2 rings (SSSR count). The second kappa shape index (κ2) is 3.84. The summed E-state index contributed by atoms with van der Waals surface area (Å²) in [5.74, 6) is 0. The van der Waals surface area contributed by atoms with Gasteiger partial charge in [-0.1, -0.05) is 19.9 Å². The average Bonchev–Trinajstić information content (AvgIpc) is 2.34. The summed E-state index contributed by atoms with van der Waals surface area (Å²) in [5.41, 5.74) is 1.63. The second-order valence-electron chi connectivity index (χ2n) is 7.31. The Morgan fingerprint density at radius 1 is 1.18 bits per heavy atom. The van der Waals surface area contributed by atoms with Gasteiger partial charge in [0.2, 0.25) is 0 Å². The topological polar surface area (TPSA) is 33.3 Å². The van der Waals surface area contributed by atoms with E-state index in [2.05, 4.69) is 58.2 Å². The van der Waals surface area contributed by atoms with Crippen LogP contribution in [-0.2, 0) is 4.65 Å². The highest BCUT2D eigenvalue weighted by Crippen LogP contribution is 2.32. The molecule has 0 aromatic heterocycles. The Morgan fingerprint density at radius 3 is 2.24 bits per heavy atom. The summed E-state index contributed by atoms with van der Waals surface area (Å²) in [6.45, 7) is 15.1. The molecule has 0 amide bonds. The Balaban J connectivity index is 2.13. The van der Waals surface area contributed by atoms with Crippen LogP contribution >= 0.6 is 0 Å². The van der Waals surface area contributed by atoms with Crippen LogP contribution in [0.3, 0.4) is 0 Å². The molecule has 0 spiro atoms. The fourth-order valence-electron chi connectivity index (χ4n) is 2.87. The van der Waals surface area contributed by atoms with Crippen molar-refractivity contribution in [3.05, 3.63) is 11.5 Å². The smallest absolute Gasteiger partial charge is 0.413 e. The van der Waals surface area contributed by atoms with E-state index in [-0.39, 0.29) is 23.5 Å². The van der Waals surface area contributed by atoms with E-state index in [9.17, 15) is 0 Å². The minimum Gasteiger partial charge on any atom is -0.417 e. The number of nitrogens with one attached hydrogen (secondary N) is 2. The molecule has 0 unspecified atom stereocenters. The van der Waals surface area contributed by atoms with E-state index in [0.717, 1.165) is 13.2 Å². The molecule has 17 heavy (non-hydrogen) atoms. The molecule has 2 heterocycles. The summed E-state index contributed by atoms with van der Waals surface area (Å²) in [6.07, 6.45) is 2.31. The second-order valence-corrected chi connectivity index (χ2v) is 7.31. The van der Waals surface area contributed by atoms with Crippen molar-refractivity contribution in [3.8, 4) is 0 Å². The molecule has 0 aliphatic carbocycles. The number of hydrogen-bond acceptors (Lipinski definition) is 3. The first-order valence-electron chi connectivity index (χ1n) is 6.49. The van der Waals surface area contributed by atoms with Gasteiger partial charge in [0.15, 0.2) is 0 Å². The molecule has 4 heteroatoms. The molecule has 2 N–H and O–H groups in total. The van der Waals surface area contributed by atoms with Crippen molar-refractivity contribution >= 4 is 7.05 Å². The Kier molecular flexibility index (Phi) is 2.96. The minimum atomic E-state index is 0.00263. The zero-order valence-electron chi connectivity index (χ0n) is 12.0. The molecule has 0 aromatic rings. The lowest BCUT2D eigenvalue weighted by molar-refractivity contribution is 0.149. The largest absolute Gasteiger partial charge is 0.417 e. The van der Waals surface area contributed by atoms with Crippen LogP contribution in [0.1, 0.15) is 41.5 Å². The van der Waals surface area contributed by atoms with Gasteiger partial charge in [-0.15, -0.1) is 0 Å². The molecule has 1 saturated heterocycles. The first-order valence-corrected chi connectivity index (χ1v) is 6.49. The molecule has 0 atom stereocenters. The predicted molar refractivity (Wildman–Crippen MR) is 72.9 cm³/mol. The van der Waals surface area contributed by atoms with Gasteiger partial charge >= 0.3 is 7.05 Å². The third-order valence-electron chi connectivity index (χ3n) is 3.56. The molecule has 1 fully saturated rings. The van der Waals surface area contributed by atoms with Crippen molar-refractivity contribution in [2.75, 3.05) is 13.2 Å². The third kappa shape index (κ3) is 2.75. The van der Waals surface area contributed by atoms with Crippen molar-refractivity contribution in [3.63, 3.8) is 0 Å². The summed E-state index contributed by atoms with van der Waals surface area (Å²) in [7, 11) is 0.0623. The maximum Gasteiger partial charge on any atom is 0.413 e. The van der Waals surface area contributed by atoms with Crippen LogP contribution in [0.4, 0.5) is 0 Å². The van der Waals surface area contributed by atoms with Gasteiger partial charge in [0, 0.05) is 17.7 Å². The number of rotatable bonds is 1. The molecule has 0 aromatic carbocycles. The molecule has 0 bridgehead atoms. The van der Waals surface area contributed by atoms with Crippen LogP contribution in [0.15, 0.2) is 11.5 Å². The average molecular weight is 236 g/mol. The summed E-state index contributed by atoms with van der Waals surface area (Å²) >= 11 is 0. The highest BCUT2D eigenvalue weighted by Gasteiger charge is 2.44. The molecule has 0 radical (unpaired) electrons.